The first-order chi connectivity index (χ1) is 12.5. The lowest BCUT2D eigenvalue weighted by molar-refractivity contribution is -0.123. The van der Waals surface area contributed by atoms with Gasteiger partial charge in [-0.05, 0) is 43.5 Å². The van der Waals surface area contributed by atoms with Gasteiger partial charge in [0.25, 0.3) is 5.91 Å². The van der Waals surface area contributed by atoms with Crippen LogP contribution in [0.5, 0.6) is 5.75 Å². The maximum Gasteiger partial charge on any atom is 0.336 e. The first-order valence-electron chi connectivity index (χ1n) is 8.22. The molecule has 26 heavy (non-hydrogen) atoms. The van der Waals surface area contributed by atoms with Crippen molar-refractivity contribution in [1.82, 2.24) is 15.5 Å². The lowest BCUT2D eigenvalue weighted by Gasteiger charge is -2.12. The zero-order chi connectivity index (χ0) is 18.7. The Bertz CT molecular complexity index is 1010. The Morgan fingerprint density at radius 3 is 2.77 bits per heavy atom. The predicted octanol–water partition coefficient (Wildman–Crippen LogP) is 2.52. The van der Waals surface area contributed by atoms with E-state index in [1.54, 1.807) is 6.07 Å². The Morgan fingerprint density at radius 2 is 2.08 bits per heavy atom. The number of fused-ring (bicyclic) bond motifs is 1. The predicted molar refractivity (Wildman–Crippen MR) is 98.6 cm³/mol. The van der Waals surface area contributed by atoms with E-state index >= 15 is 0 Å². The quantitative estimate of drug-likeness (QED) is 0.667. The molecule has 2 heterocycles. The van der Waals surface area contributed by atoms with Crippen molar-refractivity contribution in [2.24, 2.45) is 0 Å². The molecular weight excluding hydrogens is 354 g/mol. The van der Waals surface area contributed by atoms with Crippen molar-refractivity contribution in [3.63, 3.8) is 0 Å². The topological polar surface area (TPSA) is 94.3 Å². The van der Waals surface area contributed by atoms with Gasteiger partial charge in [0.15, 0.2) is 6.61 Å². The molecule has 0 saturated heterocycles. The van der Waals surface area contributed by atoms with Gasteiger partial charge in [0.1, 0.15) is 21.3 Å². The number of aromatic nitrogens is 2. The van der Waals surface area contributed by atoms with Crippen molar-refractivity contribution < 1.29 is 13.9 Å². The van der Waals surface area contributed by atoms with Gasteiger partial charge >= 0.3 is 5.63 Å². The third-order valence-electron chi connectivity index (χ3n) is 3.78. The number of rotatable bonds is 6. The van der Waals surface area contributed by atoms with E-state index in [0.29, 0.717) is 24.3 Å². The summed E-state index contributed by atoms with van der Waals surface area (Å²) in [7, 11) is 0. The van der Waals surface area contributed by atoms with Gasteiger partial charge in [-0.25, -0.2) is 4.79 Å². The van der Waals surface area contributed by atoms with Crippen LogP contribution in [0.3, 0.4) is 0 Å². The van der Waals surface area contributed by atoms with Crippen LogP contribution in [0, 0.1) is 13.8 Å². The van der Waals surface area contributed by atoms with Crippen molar-refractivity contribution in [3.05, 3.63) is 49.8 Å². The minimum Gasteiger partial charge on any atom is -0.483 e. The molecule has 0 radical (unpaired) electrons. The molecule has 0 atom stereocenters. The second kappa shape index (κ2) is 7.65. The van der Waals surface area contributed by atoms with Crippen LogP contribution in [0.15, 0.2) is 27.4 Å². The number of hydrogen-bond donors (Lipinski definition) is 1. The van der Waals surface area contributed by atoms with Crippen LogP contribution in [0.2, 0.25) is 0 Å². The van der Waals surface area contributed by atoms with E-state index in [4.69, 9.17) is 9.15 Å². The van der Waals surface area contributed by atoms with Crippen LogP contribution in [-0.4, -0.2) is 22.7 Å². The monoisotopic (exact) mass is 373 g/mol. The van der Waals surface area contributed by atoms with Crippen molar-refractivity contribution >= 4 is 28.2 Å². The van der Waals surface area contributed by atoms with Gasteiger partial charge < -0.3 is 14.5 Å². The van der Waals surface area contributed by atoms with Gasteiger partial charge in [0.05, 0.1) is 11.9 Å². The van der Waals surface area contributed by atoms with Gasteiger partial charge in [-0.15, -0.1) is 10.2 Å². The first kappa shape index (κ1) is 18.1. The number of ether oxygens (including phenoxy) is 1. The summed E-state index contributed by atoms with van der Waals surface area (Å²) in [5, 5.41) is 12.9. The van der Waals surface area contributed by atoms with Gasteiger partial charge in [-0.1, -0.05) is 18.3 Å². The lowest BCUT2D eigenvalue weighted by atomic mass is 10.1. The number of nitrogens with zero attached hydrogens (tertiary/aromatic N) is 2. The molecule has 136 valence electrons. The average Bonchev–Trinajstić information content (AvgIpc) is 3.01. The fourth-order valence-corrected chi connectivity index (χ4v) is 3.29. The number of nitrogens with one attached hydrogen (secondary N) is 1. The second-order valence-corrected chi connectivity index (χ2v) is 7.13. The van der Waals surface area contributed by atoms with Crippen LogP contribution in [0.1, 0.15) is 28.1 Å². The summed E-state index contributed by atoms with van der Waals surface area (Å²) in [6.07, 6.45) is 0.657. The van der Waals surface area contributed by atoms with E-state index < -0.39 is 5.63 Å². The maximum absolute atomic E-state index is 12.1. The molecule has 0 bridgehead atoms. The Labute approximate surface area is 154 Å². The molecule has 0 aliphatic carbocycles. The fraction of sp³-hybridized carbons (Fsp3) is 0.333. The number of amides is 1. The normalized spacial score (nSPS) is 10.9. The number of aryl methyl sites for hydroxylation is 3. The Balaban J connectivity index is 1.75. The van der Waals surface area contributed by atoms with Gasteiger partial charge in [0.2, 0.25) is 0 Å². The Morgan fingerprint density at radius 1 is 1.27 bits per heavy atom. The van der Waals surface area contributed by atoms with E-state index in [9.17, 15) is 9.59 Å². The smallest absolute Gasteiger partial charge is 0.336 e. The largest absolute Gasteiger partial charge is 0.483 e. The third kappa shape index (κ3) is 4.08. The van der Waals surface area contributed by atoms with Crippen molar-refractivity contribution in [2.75, 3.05) is 6.61 Å². The maximum atomic E-state index is 12.1. The summed E-state index contributed by atoms with van der Waals surface area (Å²) in [4.78, 5) is 23.8. The highest BCUT2D eigenvalue weighted by molar-refractivity contribution is 7.11. The zero-order valence-corrected chi connectivity index (χ0v) is 15.6. The molecule has 1 amide bonds. The molecule has 1 N–H and O–H groups in total. The molecule has 3 rings (SSSR count). The van der Waals surface area contributed by atoms with E-state index in [1.165, 1.54) is 17.4 Å². The molecule has 0 spiro atoms. The first-order valence-corrected chi connectivity index (χ1v) is 9.03. The average molecular weight is 373 g/mol. The summed E-state index contributed by atoms with van der Waals surface area (Å²) in [5.41, 5.74) is 1.79. The number of carbonyl (C=O) groups excluding carboxylic acids is 1. The van der Waals surface area contributed by atoms with Crippen LogP contribution in [-0.2, 0) is 17.8 Å². The molecule has 0 unspecified atom stereocenters. The highest BCUT2D eigenvalue weighted by Crippen LogP contribution is 2.30. The molecule has 0 fully saturated rings. The SMILES string of the molecule is CCc1cc(=O)oc2cc(C)cc(OCC(=O)NCc3nnc(C)s3)c12. The summed E-state index contributed by atoms with van der Waals surface area (Å²) in [5.74, 6) is 0.269. The Kier molecular flexibility index (Phi) is 5.32. The van der Waals surface area contributed by atoms with Crippen molar-refractivity contribution in [1.29, 1.82) is 0 Å². The number of benzene rings is 1. The molecule has 0 aliphatic rings. The minimum absolute atomic E-state index is 0.140. The van der Waals surface area contributed by atoms with Gasteiger partial charge in [-0.3, -0.25) is 4.79 Å². The van der Waals surface area contributed by atoms with Gasteiger partial charge in [0, 0.05) is 6.07 Å². The molecule has 8 heteroatoms. The van der Waals surface area contributed by atoms with Crippen molar-refractivity contribution in [2.45, 2.75) is 33.7 Å². The molecular formula is C18H19N3O4S. The van der Waals surface area contributed by atoms with Crippen molar-refractivity contribution in [3.8, 4) is 5.75 Å². The minimum atomic E-state index is -0.393. The molecule has 3 aromatic rings. The highest BCUT2D eigenvalue weighted by atomic mass is 32.1. The van der Waals surface area contributed by atoms with E-state index in [2.05, 4.69) is 15.5 Å². The molecule has 1 aromatic carbocycles. The van der Waals surface area contributed by atoms with Gasteiger partial charge in [-0.2, -0.15) is 0 Å². The van der Waals surface area contributed by atoms with Crippen LogP contribution >= 0.6 is 11.3 Å². The zero-order valence-electron chi connectivity index (χ0n) is 14.8. The summed E-state index contributed by atoms with van der Waals surface area (Å²) in [6.45, 7) is 5.87. The van der Waals surface area contributed by atoms with E-state index in [0.717, 1.165) is 26.5 Å². The second-order valence-electron chi connectivity index (χ2n) is 5.86. The molecule has 0 aliphatic heterocycles. The lowest BCUT2D eigenvalue weighted by Crippen LogP contribution is -2.28. The highest BCUT2D eigenvalue weighted by Gasteiger charge is 2.13. The van der Waals surface area contributed by atoms with Crippen LogP contribution < -0.4 is 15.7 Å². The number of carbonyl (C=O) groups is 1. The molecule has 2 aromatic heterocycles. The van der Waals surface area contributed by atoms with Crippen LogP contribution in [0.25, 0.3) is 11.0 Å². The van der Waals surface area contributed by atoms with E-state index in [-0.39, 0.29) is 12.5 Å². The standard InChI is InChI=1S/C18H19N3O4S/c1-4-12-7-17(23)25-14-6-10(2)5-13(18(12)14)24-9-15(22)19-8-16-21-20-11(3)26-16/h5-7H,4,8-9H2,1-3H3,(H,19,22). The summed E-state index contributed by atoms with van der Waals surface area (Å²) < 4.78 is 11.0. The number of hydrogen-bond acceptors (Lipinski definition) is 7. The molecule has 7 nitrogen and oxygen atoms in total. The van der Waals surface area contributed by atoms with Crippen LogP contribution in [0.4, 0.5) is 0 Å². The fourth-order valence-electron chi connectivity index (χ4n) is 2.64. The summed E-state index contributed by atoms with van der Waals surface area (Å²) >= 11 is 1.43. The molecule has 0 saturated carbocycles. The van der Waals surface area contributed by atoms with E-state index in [1.807, 2.05) is 26.8 Å². The third-order valence-corrected chi connectivity index (χ3v) is 4.62. The summed E-state index contributed by atoms with van der Waals surface area (Å²) in [6, 6.07) is 5.09. The Hall–Kier alpha value is -2.74.